The second kappa shape index (κ2) is 6.59. The van der Waals surface area contributed by atoms with E-state index in [9.17, 15) is 0 Å². The summed E-state index contributed by atoms with van der Waals surface area (Å²) in [6, 6.07) is 7.41. The number of rotatable bonds is 5. The lowest BCUT2D eigenvalue weighted by Crippen LogP contribution is -2.42. The maximum atomic E-state index is 3.76. The third kappa shape index (κ3) is 3.15. The van der Waals surface area contributed by atoms with E-state index >= 15 is 0 Å². The Morgan fingerprint density at radius 3 is 2.95 bits per heavy atom. The normalized spacial score (nSPS) is 19.9. The molecule has 2 aliphatic heterocycles. The Morgan fingerprint density at radius 1 is 1.30 bits per heavy atom. The maximum absolute atomic E-state index is 3.76. The Kier molecular flexibility index (Phi) is 4.58. The standard InChI is InChI=1S/C17H27N3/c1-2-10-20-11-7-16(8-12-20)19-13-15-5-3-4-14-6-9-18-17(14)15/h3-5,16,18-19H,2,6-13H2,1H3. The van der Waals surface area contributed by atoms with Crippen LogP contribution in [0.3, 0.4) is 0 Å². The third-order valence-corrected chi connectivity index (χ3v) is 4.64. The number of likely N-dealkylation sites (tertiary alicyclic amines) is 1. The number of benzene rings is 1. The Balaban J connectivity index is 1.50. The Bertz CT molecular complexity index is 436. The zero-order valence-electron chi connectivity index (χ0n) is 12.6. The van der Waals surface area contributed by atoms with Crippen LogP contribution in [0.2, 0.25) is 0 Å². The molecule has 0 aromatic heterocycles. The summed E-state index contributed by atoms with van der Waals surface area (Å²) in [5.74, 6) is 0. The van der Waals surface area contributed by atoms with Crippen LogP contribution in [-0.2, 0) is 13.0 Å². The van der Waals surface area contributed by atoms with Crippen molar-refractivity contribution >= 4 is 5.69 Å². The highest BCUT2D eigenvalue weighted by atomic mass is 15.1. The molecule has 0 amide bonds. The number of nitrogens with one attached hydrogen (secondary N) is 2. The number of hydrogen-bond donors (Lipinski definition) is 2. The second-order valence-corrected chi connectivity index (χ2v) is 6.12. The first-order valence-electron chi connectivity index (χ1n) is 8.17. The molecule has 20 heavy (non-hydrogen) atoms. The average Bonchev–Trinajstić information content (AvgIpc) is 2.96. The fourth-order valence-corrected chi connectivity index (χ4v) is 3.49. The predicted octanol–water partition coefficient (Wildman–Crippen LogP) is 2.62. The van der Waals surface area contributed by atoms with Gasteiger partial charge in [-0.15, -0.1) is 0 Å². The topological polar surface area (TPSA) is 27.3 Å². The smallest absolute Gasteiger partial charge is 0.0419 e. The van der Waals surface area contributed by atoms with E-state index < -0.39 is 0 Å². The molecule has 0 spiro atoms. The summed E-state index contributed by atoms with van der Waals surface area (Å²) in [5.41, 5.74) is 4.32. The molecule has 0 radical (unpaired) electrons. The fraction of sp³-hybridized carbons (Fsp3) is 0.647. The zero-order valence-corrected chi connectivity index (χ0v) is 12.6. The van der Waals surface area contributed by atoms with Gasteiger partial charge >= 0.3 is 0 Å². The molecule has 1 saturated heterocycles. The van der Waals surface area contributed by atoms with Crippen LogP contribution >= 0.6 is 0 Å². The van der Waals surface area contributed by atoms with Crippen molar-refractivity contribution in [2.75, 3.05) is 31.5 Å². The van der Waals surface area contributed by atoms with Crippen LogP contribution in [0.4, 0.5) is 5.69 Å². The molecule has 0 aliphatic carbocycles. The van der Waals surface area contributed by atoms with Crippen molar-refractivity contribution in [1.82, 2.24) is 10.2 Å². The summed E-state index contributed by atoms with van der Waals surface area (Å²) in [6.45, 7) is 8.17. The van der Waals surface area contributed by atoms with Crippen molar-refractivity contribution in [3.63, 3.8) is 0 Å². The van der Waals surface area contributed by atoms with Crippen molar-refractivity contribution in [3.8, 4) is 0 Å². The zero-order chi connectivity index (χ0) is 13.8. The van der Waals surface area contributed by atoms with Crippen LogP contribution in [0.1, 0.15) is 37.3 Å². The average molecular weight is 273 g/mol. The second-order valence-electron chi connectivity index (χ2n) is 6.12. The van der Waals surface area contributed by atoms with Crippen LogP contribution in [0.25, 0.3) is 0 Å². The van der Waals surface area contributed by atoms with Crippen molar-refractivity contribution in [2.24, 2.45) is 0 Å². The van der Waals surface area contributed by atoms with Crippen molar-refractivity contribution in [3.05, 3.63) is 29.3 Å². The largest absolute Gasteiger partial charge is 0.384 e. The van der Waals surface area contributed by atoms with Gasteiger partial charge in [0, 0.05) is 24.8 Å². The van der Waals surface area contributed by atoms with Crippen LogP contribution in [0, 0.1) is 0 Å². The predicted molar refractivity (Wildman–Crippen MR) is 85.2 cm³/mol. The summed E-state index contributed by atoms with van der Waals surface area (Å²) in [4.78, 5) is 2.60. The van der Waals surface area contributed by atoms with Gasteiger partial charge in [0.05, 0.1) is 0 Å². The highest BCUT2D eigenvalue weighted by Gasteiger charge is 2.19. The van der Waals surface area contributed by atoms with E-state index in [-0.39, 0.29) is 0 Å². The number of hydrogen-bond acceptors (Lipinski definition) is 3. The molecule has 0 bridgehead atoms. The summed E-state index contributed by atoms with van der Waals surface area (Å²) >= 11 is 0. The first kappa shape index (κ1) is 13.9. The molecule has 0 unspecified atom stereocenters. The van der Waals surface area contributed by atoms with Gasteiger partial charge in [-0.2, -0.15) is 0 Å². The molecule has 3 nitrogen and oxygen atoms in total. The van der Waals surface area contributed by atoms with Gasteiger partial charge in [-0.05, 0) is 56.4 Å². The Labute approximate surface area is 122 Å². The molecular weight excluding hydrogens is 246 g/mol. The van der Waals surface area contributed by atoms with Crippen LogP contribution in [-0.4, -0.2) is 37.1 Å². The fourth-order valence-electron chi connectivity index (χ4n) is 3.49. The van der Waals surface area contributed by atoms with Gasteiger partial charge in [0.2, 0.25) is 0 Å². The molecule has 2 heterocycles. The minimum absolute atomic E-state index is 0.695. The number of fused-ring (bicyclic) bond motifs is 1. The number of anilines is 1. The number of nitrogens with zero attached hydrogens (tertiary/aromatic N) is 1. The van der Waals surface area contributed by atoms with E-state index in [1.165, 1.54) is 62.1 Å². The van der Waals surface area contributed by atoms with Crippen LogP contribution in [0.15, 0.2) is 18.2 Å². The Hall–Kier alpha value is -1.06. The summed E-state index contributed by atoms with van der Waals surface area (Å²) in [7, 11) is 0. The molecular formula is C17H27N3. The lowest BCUT2D eigenvalue weighted by Gasteiger charge is -2.32. The van der Waals surface area contributed by atoms with Crippen molar-refractivity contribution in [1.29, 1.82) is 0 Å². The van der Waals surface area contributed by atoms with E-state index in [0.717, 1.165) is 13.1 Å². The minimum atomic E-state index is 0.695. The molecule has 3 rings (SSSR count). The highest BCUT2D eigenvalue weighted by molar-refractivity contribution is 5.61. The summed E-state index contributed by atoms with van der Waals surface area (Å²) in [5, 5.41) is 7.30. The minimum Gasteiger partial charge on any atom is -0.384 e. The first-order chi connectivity index (χ1) is 9.86. The quantitative estimate of drug-likeness (QED) is 0.863. The van der Waals surface area contributed by atoms with E-state index in [1.54, 1.807) is 0 Å². The lowest BCUT2D eigenvalue weighted by atomic mass is 10.0. The van der Waals surface area contributed by atoms with E-state index in [2.05, 4.69) is 40.7 Å². The monoisotopic (exact) mass is 273 g/mol. The van der Waals surface area contributed by atoms with Gasteiger partial charge in [-0.3, -0.25) is 0 Å². The number of piperidine rings is 1. The summed E-state index contributed by atoms with van der Waals surface area (Å²) in [6.07, 6.45) is 5.05. The molecule has 2 aliphatic rings. The van der Waals surface area contributed by atoms with Crippen molar-refractivity contribution in [2.45, 2.75) is 45.2 Å². The van der Waals surface area contributed by atoms with Gasteiger partial charge in [-0.1, -0.05) is 25.1 Å². The van der Waals surface area contributed by atoms with E-state index in [0.29, 0.717) is 6.04 Å². The van der Waals surface area contributed by atoms with Gasteiger partial charge in [0.25, 0.3) is 0 Å². The Morgan fingerprint density at radius 2 is 2.15 bits per heavy atom. The number of para-hydroxylation sites is 1. The molecule has 0 atom stereocenters. The van der Waals surface area contributed by atoms with Gasteiger partial charge < -0.3 is 15.5 Å². The van der Waals surface area contributed by atoms with Crippen LogP contribution in [0.5, 0.6) is 0 Å². The molecule has 0 saturated carbocycles. The van der Waals surface area contributed by atoms with E-state index in [4.69, 9.17) is 0 Å². The van der Waals surface area contributed by atoms with Gasteiger partial charge in [-0.25, -0.2) is 0 Å². The lowest BCUT2D eigenvalue weighted by molar-refractivity contribution is 0.197. The molecule has 1 aromatic rings. The van der Waals surface area contributed by atoms with E-state index in [1.807, 2.05) is 0 Å². The highest BCUT2D eigenvalue weighted by Crippen LogP contribution is 2.26. The van der Waals surface area contributed by atoms with Gasteiger partial charge in [0.1, 0.15) is 0 Å². The molecule has 3 heteroatoms. The molecule has 2 N–H and O–H groups in total. The third-order valence-electron chi connectivity index (χ3n) is 4.64. The SMILES string of the molecule is CCCN1CCC(NCc2cccc3c2NCC3)CC1. The molecule has 1 aromatic carbocycles. The molecule has 110 valence electrons. The maximum Gasteiger partial charge on any atom is 0.0419 e. The first-order valence-corrected chi connectivity index (χ1v) is 8.17. The van der Waals surface area contributed by atoms with Crippen LogP contribution < -0.4 is 10.6 Å². The van der Waals surface area contributed by atoms with Crippen molar-refractivity contribution < 1.29 is 0 Å². The van der Waals surface area contributed by atoms with Gasteiger partial charge in [0.15, 0.2) is 0 Å². The summed E-state index contributed by atoms with van der Waals surface area (Å²) < 4.78 is 0. The molecule has 1 fully saturated rings.